The van der Waals surface area contributed by atoms with Gasteiger partial charge in [-0.1, -0.05) is 52.4 Å². The summed E-state index contributed by atoms with van der Waals surface area (Å²) in [7, 11) is 0. The summed E-state index contributed by atoms with van der Waals surface area (Å²) in [4.78, 5) is 0. The minimum atomic E-state index is 0.482. The summed E-state index contributed by atoms with van der Waals surface area (Å²) in [6.07, 6.45) is 12.4. The van der Waals surface area contributed by atoms with Gasteiger partial charge in [-0.25, -0.2) is 0 Å². The molecule has 3 atom stereocenters. The minimum Gasteiger partial charge on any atom is -0.327 e. The Morgan fingerprint density at radius 1 is 1.07 bits per heavy atom. The first-order valence-corrected chi connectivity index (χ1v) is 7.03. The predicted octanol–water partition coefficient (Wildman–Crippen LogP) is 4.11. The van der Waals surface area contributed by atoms with Gasteiger partial charge in [-0.3, -0.25) is 0 Å². The molecule has 0 bridgehead atoms. The molecule has 0 amide bonds. The topological polar surface area (TPSA) is 26.0 Å². The SMILES string of the molecule is CCCC1CCCC(C(N)CCC)CC1. The van der Waals surface area contributed by atoms with Gasteiger partial charge in [0.25, 0.3) is 0 Å². The van der Waals surface area contributed by atoms with Gasteiger partial charge in [-0.05, 0) is 31.1 Å². The molecule has 1 fully saturated rings. The first kappa shape index (κ1) is 13.0. The lowest BCUT2D eigenvalue weighted by Gasteiger charge is -2.21. The molecule has 1 heteroatoms. The lowest BCUT2D eigenvalue weighted by molar-refractivity contribution is 0.346. The summed E-state index contributed by atoms with van der Waals surface area (Å²) in [5.41, 5.74) is 6.25. The van der Waals surface area contributed by atoms with Crippen molar-refractivity contribution in [2.24, 2.45) is 17.6 Å². The molecule has 0 aromatic heterocycles. The van der Waals surface area contributed by atoms with E-state index in [1.165, 1.54) is 57.8 Å². The van der Waals surface area contributed by atoms with Gasteiger partial charge < -0.3 is 5.73 Å². The molecule has 2 N–H and O–H groups in total. The van der Waals surface area contributed by atoms with E-state index in [1.54, 1.807) is 0 Å². The largest absolute Gasteiger partial charge is 0.327 e. The third-order valence-corrected chi connectivity index (χ3v) is 4.06. The molecule has 1 nitrogen and oxygen atoms in total. The van der Waals surface area contributed by atoms with Crippen LogP contribution in [0.3, 0.4) is 0 Å². The Morgan fingerprint density at radius 3 is 2.53 bits per heavy atom. The van der Waals surface area contributed by atoms with E-state index >= 15 is 0 Å². The van der Waals surface area contributed by atoms with E-state index in [0.29, 0.717) is 6.04 Å². The Labute approximate surface area is 95.8 Å². The van der Waals surface area contributed by atoms with Crippen LogP contribution in [0.5, 0.6) is 0 Å². The van der Waals surface area contributed by atoms with Crippen molar-refractivity contribution < 1.29 is 0 Å². The molecule has 0 saturated heterocycles. The van der Waals surface area contributed by atoms with Gasteiger partial charge in [-0.15, -0.1) is 0 Å². The fourth-order valence-corrected chi connectivity index (χ4v) is 3.10. The van der Waals surface area contributed by atoms with Crippen molar-refractivity contribution in [1.29, 1.82) is 0 Å². The fourth-order valence-electron chi connectivity index (χ4n) is 3.10. The highest BCUT2D eigenvalue weighted by molar-refractivity contribution is 4.77. The monoisotopic (exact) mass is 211 g/mol. The van der Waals surface area contributed by atoms with Crippen molar-refractivity contribution in [3.63, 3.8) is 0 Å². The van der Waals surface area contributed by atoms with Crippen LogP contribution in [0.15, 0.2) is 0 Å². The summed E-state index contributed by atoms with van der Waals surface area (Å²) in [5, 5.41) is 0. The Bertz CT molecular complexity index is 155. The lowest BCUT2D eigenvalue weighted by Crippen LogP contribution is -2.29. The van der Waals surface area contributed by atoms with Gasteiger partial charge in [0, 0.05) is 6.04 Å². The average molecular weight is 211 g/mol. The first-order valence-electron chi connectivity index (χ1n) is 7.03. The van der Waals surface area contributed by atoms with Crippen LogP contribution in [-0.4, -0.2) is 6.04 Å². The van der Waals surface area contributed by atoms with E-state index in [0.717, 1.165) is 11.8 Å². The van der Waals surface area contributed by atoms with E-state index in [4.69, 9.17) is 5.73 Å². The van der Waals surface area contributed by atoms with Crippen LogP contribution in [0.4, 0.5) is 0 Å². The number of hydrogen-bond acceptors (Lipinski definition) is 1. The van der Waals surface area contributed by atoms with Crippen molar-refractivity contribution in [3.05, 3.63) is 0 Å². The minimum absolute atomic E-state index is 0.482. The zero-order valence-corrected chi connectivity index (χ0v) is 10.7. The molecule has 90 valence electrons. The van der Waals surface area contributed by atoms with E-state index in [1.807, 2.05) is 0 Å². The summed E-state index contributed by atoms with van der Waals surface area (Å²) < 4.78 is 0. The molecule has 1 aliphatic rings. The van der Waals surface area contributed by atoms with E-state index in [2.05, 4.69) is 13.8 Å². The molecule has 0 aromatic carbocycles. The van der Waals surface area contributed by atoms with Crippen LogP contribution in [0.1, 0.15) is 71.6 Å². The molecule has 0 heterocycles. The molecular weight excluding hydrogens is 182 g/mol. The number of rotatable bonds is 5. The maximum Gasteiger partial charge on any atom is 0.00670 e. The quantitative estimate of drug-likeness (QED) is 0.680. The number of hydrogen-bond donors (Lipinski definition) is 1. The summed E-state index contributed by atoms with van der Waals surface area (Å²) in [5.74, 6) is 1.83. The summed E-state index contributed by atoms with van der Waals surface area (Å²) in [6, 6.07) is 0.482. The maximum absolute atomic E-state index is 6.25. The molecule has 0 aliphatic heterocycles. The Hall–Kier alpha value is -0.0400. The summed E-state index contributed by atoms with van der Waals surface area (Å²) in [6.45, 7) is 4.56. The predicted molar refractivity (Wildman–Crippen MR) is 67.9 cm³/mol. The highest BCUT2D eigenvalue weighted by atomic mass is 14.6. The second-order valence-electron chi connectivity index (χ2n) is 5.38. The molecule has 1 aliphatic carbocycles. The standard InChI is InChI=1S/C14H29N/c1-3-6-12-8-5-9-13(11-10-12)14(15)7-4-2/h12-14H,3-11,15H2,1-2H3. The lowest BCUT2D eigenvalue weighted by atomic mass is 9.89. The zero-order chi connectivity index (χ0) is 11.1. The van der Waals surface area contributed by atoms with E-state index < -0.39 is 0 Å². The molecule has 1 rings (SSSR count). The zero-order valence-electron chi connectivity index (χ0n) is 10.7. The molecule has 15 heavy (non-hydrogen) atoms. The van der Waals surface area contributed by atoms with Crippen molar-refractivity contribution >= 4 is 0 Å². The second-order valence-corrected chi connectivity index (χ2v) is 5.38. The van der Waals surface area contributed by atoms with Gasteiger partial charge in [-0.2, -0.15) is 0 Å². The van der Waals surface area contributed by atoms with E-state index in [9.17, 15) is 0 Å². The molecule has 0 aromatic rings. The molecule has 1 saturated carbocycles. The Kier molecular flexibility index (Phi) is 6.31. The average Bonchev–Trinajstić information content (AvgIpc) is 2.44. The van der Waals surface area contributed by atoms with Gasteiger partial charge in [0.05, 0.1) is 0 Å². The molecular formula is C14H29N. The molecule has 0 spiro atoms. The van der Waals surface area contributed by atoms with Crippen molar-refractivity contribution in [1.82, 2.24) is 0 Å². The van der Waals surface area contributed by atoms with Crippen LogP contribution >= 0.6 is 0 Å². The van der Waals surface area contributed by atoms with Crippen molar-refractivity contribution in [3.8, 4) is 0 Å². The third-order valence-electron chi connectivity index (χ3n) is 4.06. The van der Waals surface area contributed by atoms with E-state index in [-0.39, 0.29) is 0 Å². The van der Waals surface area contributed by atoms with Gasteiger partial charge in [0.2, 0.25) is 0 Å². The van der Waals surface area contributed by atoms with Crippen LogP contribution in [-0.2, 0) is 0 Å². The van der Waals surface area contributed by atoms with Gasteiger partial charge in [0.15, 0.2) is 0 Å². The molecule has 3 unspecified atom stereocenters. The van der Waals surface area contributed by atoms with Crippen molar-refractivity contribution in [2.45, 2.75) is 77.7 Å². The first-order chi connectivity index (χ1) is 7.27. The number of nitrogens with two attached hydrogens (primary N) is 1. The van der Waals surface area contributed by atoms with Crippen LogP contribution in [0.2, 0.25) is 0 Å². The highest BCUT2D eigenvalue weighted by Gasteiger charge is 2.22. The molecule has 0 radical (unpaired) electrons. The normalized spacial score (nSPS) is 29.8. The van der Waals surface area contributed by atoms with Gasteiger partial charge >= 0.3 is 0 Å². The summed E-state index contributed by atoms with van der Waals surface area (Å²) >= 11 is 0. The smallest absolute Gasteiger partial charge is 0.00670 e. The maximum atomic E-state index is 6.25. The van der Waals surface area contributed by atoms with Crippen LogP contribution < -0.4 is 5.73 Å². The van der Waals surface area contributed by atoms with Crippen LogP contribution in [0.25, 0.3) is 0 Å². The highest BCUT2D eigenvalue weighted by Crippen LogP contribution is 2.31. The van der Waals surface area contributed by atoms with Crippen molar-refractivity contribution in [2.75, 3.05) is 0 Å². The Morgan fingerprint density at radius 2 is 1.87 bits per heavy atom. The second kappa shape index (κ2) is 7.27. The van der Waals surface area contributed by atoms with Gasteiger partial charge in [0.1, 0.15) is 0 Å². The Balaban J connectivity index is 2.31. The van der Waals surface area contributed by atoms with Crippen LogP contribution in [0, 0.1) is 11.8 Å². The fraction of sp³-hybridized carbons (Fsp3) is 1.00. The third kappa shape index (κ3) is 4.55.